The molecule has 7 nitrogen and oxygen atoms in total. The third kappa shape index (κ3) is 4.02. The predicted octanol–water partition coefficient (Wildman–Crippen LogP) is 5.16. The summed E-state index contributed by atoms with van der Waals surface area (Å²) in [7, 11) is -4.01. The number of benzene rings is 2. The number of nitrogens with zero attached hydrogens (tertiary/aromatic N) is 3. The van der Waals surface area contributed by atoms with E-state index >= 15 is 0 Å². The van der Waals surface area contributed by atoms with E-state index in [1.165, 1.54) is 50.6 Å². The quantitative estimate of drug-likeness (QED) is 0.436. The van der Waals surface area contributed by atoms with Crippen molar-refractivity contribution >= 4 is 53.8 Å². The summed E-state index contributed by atoms with van der Waals surface area (Å²) >= 11 is 1.51. The van der Waals surface area contributed by atoms with E-state index in [4.69, 9.17) is 0 Å². The van der Waals surface area contributed by atoms with Crippen LogP contribution in [-0.4, -0.2) is 34.7 Å². The van der Waals surface area contributed by atoms with Gasteiger partial charge in [-0.05, 0) is 45.0 Å². The van der Waals surface area contributed by atoms with E-state index in [0.717, 1.165) is 10.2 Å². The van der Waals surface area contributed by atoms with Crippen LogP contribution in [0.25, 0.3) is 21.1 Å². The Kier molecular flexibility index (Phi) is 5.26. The fraction of sp³-hybridized carbons (Fsp3) is 0.250. The lowest BCUT2D eigenvalue weighted by molar-refractivity contribution is -0.0516. The van der Waals surface area contributed by atoms with Crippen molar-refractivity contribution in [2.45, 2.75) is 37.0 Å². The molecule has 0 aliphatic rings. The maximum absolute atomic E-state index is 13.1. The lowest BCUT2D eigenvalue weighted by Gasteiger charge is -2.22. The molecular weight excluding hydrogens is 446 g/mol. The molecule has 0 aliphatic carbocycles. The Bertz CT molecular complexity index is 1380. The minimum Gasteiger partial charge on any atom is -0.433 e. The molecule has 0 amide bonds. The first-order valence-corrected chi connectivity index (χ1v) is 11.5. The summed E-state index contributed by atoms with van der Waals surface area (Å²) in [5.41, 5.74) is 3.49. The molecule has 11 heteroatoms. The van der Waals surface area contributed by atoms with Crippen LogP contribution in [0.4, 0.5) is 20.3 Å². The Morgan fingerprint density at radius 3 is 2.55 bits per heavy atom. The minimum absolute atomic E-state index is 0.260. The van der Waals surface area contributed by atoms with Gasteiger partial charge >= 0.3 is 6.61 Å². The molecule has 0 bridgehead atoms. The second-order valence-electron chi connectivity index (χ2n) is 7.69. The first-order chi connectivity index (χ1) is 14.6. The molecule has 2 aromatic carbocycles. The molecule has 0 aliphatic heterocycles. The van der Waals surface area contributed by atoms with Crippen LogP contribution < -0.4 is 10.1 Å². The van der Waals surface area contributed by atoms with Crippen molar-refractivity contribution in [3.05, 3.63) is 42.2 Å². The summed E-state index contributed by atoms with van der Waals surface area (Å²) in [6.45, 7) is 1.28. The van der Waals surface area contributed by atoms with E-state index in [1.54, 1.807) is 5.51 Å². The third-order valence-corrected chi connectivity index (χ3v) is 7.93. The largest absolute Gasteiger partial charge is 0.433 e. The molecule has 2 aromatic heterocycles. The highest BCUT2D eigenvalue weighted by molar-refractivity contribution is 7.92. The first-order valence-electron chi connectivity index (χ1n) is 9.15. The standard InChI is InChI=1S/C20H18F2N4O3S2/c1-20(2,3)31(27,28)17-7-12-13(8-15(17)29-19(21)22)23-9-24-18(12)26-11-4-5-16-14(6-11)25-10-30-16/h4-10,19H,1-3H3,(H,23,24,26). The van der Waals surface area contributed by atoms with Crippen LogP contribution in [0.3, 0.4) is 0 Å². The molecule has 0 spiro atoms. The van der Waals surface area contributed by atoms with Crippen molar-refractivity contribution in [2.24, 2.45) is 0 Å². The second-order valence-corrected chi connectivity index (χ2v) is 11.3. The zero-order chi connectivity index (χ0) is 22.4. The number of ether oxygens (including phenoxy) is 1. The van der Waals surface area contributed by atoms with Gasteiger partial charge in [-0.25, -0.2) is 23.4 Å². The fourth-order valence-corrected chi connectivity index (χ4v) is 4.93. The maximum atomic E-state index is 13.1. The van der Waals surface area contributed by atoms with E-state index in [1.807, 2.05) is 18.2 Å². The lowest BCUT2D eigenvalue weighted by atomic mass is 10.2. The van der Waals surface area contributed by atoms with Gasteiger partial charge in [-0.15, -0.1) is 11.3 Å². The number of aromatic nitrogens is 3. The minimum atomic E-state index is -4.01. The van der Waals surface area contributed by atoms with Gasteiger partial charge in [0.25, 0.3) is 0 Å². The SMILES string of the molecule is CC(C)(C)S(=O)(=O)c1cc2c(Nc3ccc4scnc4c3)ncnc2cc1OC(F)F. The van der Waals surface area contributed by atoms with E-state index in [-0.39, 0.29) is 10.4 Å². The topological polar surface area (TPSA) is 94.1 Å². The number of sulfone groups is 1. The average Bonchev–Trinajstić information content (AvgIpc) is 3.14. The average molecular weight is 465 g/mol. The summed E-state index contributed by atoms with van der Waals surface area (Å²) in [6.07, 6.45) is 1.26. The molecule has 0 saturated carbocycles. The number of thiazole rings is 1. The Balaban J connectivity index is 1.88. The summed E-state index contributed by atoms with van der Waals surface area (Å²) in [6, 6.07) is 8.05. The van der Waals surface area contributed by atoms with Gasteiger partial charge in [-0.2, -0.15) is 8.78 Å². The maximum Gasteiger partial charge on any atom is 0.387 e. The Labute approximate surface area is 181 Å². The molecule has 0 saturated heterocycles. The number of nitrogens with one attached hydrogen (secondary N) is 1. The van der Waals surface area contributed by atoms with E-state index in [9.17, 15) is 17.2 Å². The number of hydrogen-bond donors (Lipinski definition) is 1. The van der Waals surface area contributed by atoms with Crippen molar-refractivity contribution < 1.29 is 21.9 Å². The Morgan fingerprint density at radius 1 is 1.06 bits per heavy atom. The number of rotatable bonds is 5. The molecule has 1 N–H and O–H groups in total. The number of anilines is 2. The van der Waals surface area contributed by atoms with E-state index < -0.39 is 26.9 Å². The van der Waals surface area contributed by atoms with Crippen LogP contribution in [0.2, 0.25) is 0 Å². The summed E-state index contributed by atoms with van der Waals surface area (Å²) in [4.78, 5) is 12.2. The molecule has 0 atom stereocenters. The Morgan fingerprint density at radius 2 is 1.84 bits per heavy atom. The molecule has 0 radical (unpaired) electrons. The number of fused-ring (bicyclic) bond motifs is 2. The summed E-state index contributed by atoms with van der Waals surface area (Å²) in [5, 5.41) is 3.49. The molecule has 4 aromatic rings. The zero-order valence-corrected chi connectivity index (χ0v) is 18.4. The van der Waals surface area contributed by atoms with Gasteiger partial charge in [0.1, 0.15) is 22.8 Å². The van der Waals surface area contributed by atoms with Crippen LogP contribution in [0.15, 0.2) is 47.1 Å². The summed E-state index contributed by atoms with van der Waals surface area (Å²) in [5.74, 6) is -0.125. The van der Waals surface area contributed by atoms with Crippen molar-refractivity contribution in [1.29, 1.82) is 0 Å². The molecular formula is C20H18F2N4O3S2. The van der Waals surface area contributed by atoms with Crippen molar-refractivity contribution in [3.8, 4) is 5.75 Å². The van der Waals surface area contributed by atoms with Gasteiger partial charge in [0, 0.05) is 17.1 Å². The van der Waals surface area contributed by atoms with Gasteiger partial charge < -0.3 is 10.1 Å². The highest BCUT2D eigenvalue weighted by Gasteiger charge is 2.35. The van der Waals surface area contributed by atoms with Crippen LogP contribution in [0.5, 0.6) is 5.75 Å². The highest BCUT2D eigenvalue weighted by atomic mass is 32.2. The van der Waals surface area contributed by atoms with Crippen molar-refractivity contribution in [1.82, 2.24) is 15.0 Å². The van der Waals surface area contributed by atoms with Crippen LogP contribution >= 0.6 is 11.3 Å². The molecule has 4 rings (SSSR count). The normalized spacial score (nSPS) is 12.6. The van der Waals surface area contributed by atoms with Crippen LogP contribution in [-0.2, 0) is 9.84 Å². The third-order valence-electron chi connectivity index (χ3n) is 4.61. The zero-order valence-electron chi connectivity index (χ0n) is 16.8. The monoisotopic (exact) mass is 464 g/mol. The van der Waals surface area contributed by atoms with Gasteiger partial charge in [0.15, 0.2) is 9.84 Å². The number of hydrogen-bond acceptors (Lipinski definition) is 8. The fourth-order valence-electron chi connectivity index (χ4n) is 2.96. The van der Waals surface area contributed by atoms with E-state index in [0.29, 0.717) is 16.9 Å². The summed E-state index contributed by atoms with van der Waals surface area (Å²) < 4.78 is 56.5. The van der Waals surface area contributed by atoms with Gasteiger partial charge in [0.2, 0.25) is 0 Å². The molecule has 162 valence electrons. The van der Waals surface area contributed by atoms with Crippen molar-refractivity contribution in [2.75, 3.05) is 5.32 Å². The van der Waals surface area contributed by atoms with Crippen LogP contribution in [0.1, 0.15) is 20.8 Å². The van der Waals surface area contributed by atoms with Crippen molar-refractivity contribution in [3.63, 3.8) is 0 Å². The molecule has 0 fully saturated rings. The second kappa shape index (κ2) is 7.65. The lowest BCUT2D eigenvalue weighted by Crippen LogP contribution is -2.28. The van der Waals surface area contributed by atoms with Crippen LogP contribution in [0, 0.1) is 0 Å². The molecule has 31 heavy (non-hydrogen) atoms. The highest BCUT2D eigenvalue weighted by Crippen LogP contribution is 2.37. The Hall–Kier alpha value is -2.92. The molecule has 0 unspecified atom stereocenters. The number of alkyl halides is 2. The molecule has 2 heterocycles. The van der Waals surface area contributed by atoms with Gasteiger partial charge in [-0.3, -0.25) is 0 Å². The van der Waals surface area contributed by atoms with Gasteiger partial charge in [0.05, 0.1) is 26.0 Å². The predicted molar refractivity (Wildman–Crippen MR) is 116 cm³/mol. The first kappa shape index (κ1) is 21.3. The van der Waals surface area contributed by atoms with E-state index in [2.05, 4.69) is 25.0 Å². The number of halogens is 2. The van der Waals surface area contributed by atoms with Gasteiger partial charge in [-0.1, -0.05) is 0 Å². The smallest absolute Gasteiger partial charge is 0.387 e.